The van der Waals surface area contributed by atoms with Gasteiger partial charge in [0.25, 0.3) is 0 Å². The summed E-state index contributed by atoms with van der Waals surface area (Å²) in [5, 5.41) is 19.6. The Bertz CT molecular complexity index is 685. The molecule has 5 heteroatoms. The van der Waals surface area contributed by atoms with Crippen LogP contribution in [-0.2, 0) is 13.0 Å². The van der Waals surface area contributed by atoms with E-state index in [1.807, 2.05) is 18.2 Å². The van der Waals surface area contributed by atoms with Crippen molar-refractivity contribution in [1.29, 1.82) is 0 Å². The summed E-state index contributed by atoms with van der Waals surface area (Å²) in [6.45, 7) is 2.20. The van der Waals surface area contributed by atoms with Crippen LogP contribution in [0.5, 0.6) is 5.75 Å². The van der Waals surface area contributed by atoms with Gasteiger partial charge in [-0.3, -0.25) is 9.98 Å². The van der Waals surface area contributed by atoms with E-state index >= 15 is 0 Å². The molecule has 128 valence electrons. The number of rotatable bonds is 7. The molecule has 0 aliphatic carbocycles. The number of benzene rings is 1. The van der Waals surface area contributed by atoms with Crippen molar-refractivity contribution in [3.63, 3.8) is 0 Å². The largest absolute Gasteiger partial charge is 0.505 e. The topological polar surface area (TPSA) is 70.2 Å². The maximum Gasteiger partial charge on any atom is 0.145 e. The van der Waals surface area contributed by atoms with Gasteiger partial charge in [0.15, 0.2) is 0 Å². The molecule has 1 aromatic heterocycles. The number of aliphatic hydroxyl groups excluding tert-OH is 1. The second-order valence-electron chi connectivity index (χ2n) is 6.25. The number of aromatic hydroxyl groups is 1. The highest BCUT2D eigenvalue weighted by atomic mass is 16.3. The summed E-state index contributed by atoms with van der Waals surface area (Å²) in [5.41, 5.74) is 2.96. The first-order valence-corrected chi connectivity index (χ1v) is 8.15. The molecule has 0 saturated heterocycles. The lowest BCUT2D eigenvalue weighted by Crippen LogP contribution is -3.11. The summed E-state index contributed by atoms with van der Waals surface area (Å²) in [4.78, 5) is 9.91. The summed E-state index contributed by atoms with van der Waals surface area (Å²) in [7, 11) is 4.24. The lowest BCUT2D eigenvalue weighted by molar-refractivity contribution is -0.883. The van der Waals surface area contributed by atoms with Gasteiger partial charge in [-0.25, -0.2) is 0 Å². The van der Waals surface area contributed by atoms with E-state index in [9.17, 15) is 10.2 Å². The number of hydrogen-bond acceptors (Lipinski definition) is 4. The van der Waals surface area contributed by atoms with E-state index in [-0.39, 0.29) is 12.4 Å². The van der Waals surface area contributed by atoms with Crippen molar-refractivity contribution in [3.05, 3.63) is 58.9 Å². The molecular formula is C19H26N3O2+. The van der Waals surface area contributed by atoms with Gasteiger partial charge in [-0.05, 0) is 12.5 Å². The zero-order chi connectivity index (χ0) is 17.5. The third-order valence-corrected chi connectivity index (χ3v) is 4.22. The molecule has 0 spiro atoms. The van der Waals surface area contributed by atoms with E-state index in [1.165, 1.54) is 10.5 Å². The molecule has 0 saturated carbocycles. The fraction of sp³-hybridized carbons (Fsp3) is 0.368. The smallest absolute Gasteiger partial charge is 0.145 e. The van der Waals surface area contributed by atoms with E-state index in [1.54, 1.807) is 19.3 Å². The molecule has 0 fully saturated rings. The van der Waals surface area contributed by atoms with Crippen molar-refractivity contribution in [3.8, 4) is 5.75 Å². The first-order chi connectivity index (χ1) is 11.5. The molecule has 1 aromatic carbocycles. The average Bonchev–Trinajstić information content (AvgIpc) is 2.58. The monoisotopic (exact) mass is 328 g/mol. The number of aryl methyl sites for hydroxylation is 1. The van der Waals surface area contributed by atoms with Crippen LogP contribution in [0.15, 0.2) is 41.5 Å². The zero-order valence-electron chi connectivity index (χ0n) is 14.5. The van der Waals surface area contributed by atoms with Gasteiger partial charge >= 0.3 is 0 Å². The maximum absolute atomic E-state index is 10.1. The van der Waals surface area contributed by atoms with E-state index in [2.05, 4.69) is 36.2 Å². The summed E-state index contributed by atoms with van der Waals surface area (Å²) < 4.78 is 0. The van der Waals surface area contributed by atoms with Gasteiger partial charge in [-0.2, -0.15) is 0 Å². The van der Waals surface area contributed by atoms with Crippen molar-refractivity contribution in [2.75, 3.05) is 20.6 Å². The highest BCUT2D eigenvalue weighted by Crippen LogP contribution is 2.21. The van der Waals surface area contributed by atoms with Gasteiger partial charge in [0, 0.05) is 30.0 Å². The van der Waals surface area contributed by atoms with E-state index in [0.717, 1.165) is 6.42 Å². The van der Waals surface area contributed by atoms with E-state index in [4.69, 9.17) is 0 Å². The number of aromatic nitrogens is 1. The Kier molecular flexibility index (Phi) is 6.46. The van der Waals surface area contributed by atoms with Crippen LogP contribution in [0, 0.1) is 6.92 Å². The van der Waals surface area contributed by atoms with Gasteiger partial charge in [0.2, 0.25) is 0 Å². The molecule has 0 unspecified atom stereocenters. The summed E-state index contributed by atoms with van der Waals surface area (Å²) in [6, 6.07) is 10.7. The van der Waals surface area contributed by atoms with Crippen LogP contribution in [0.4, 0.5) is 0 Å². The van der Waals surface area contributed by atoms with Crippen molar-refractivity contribution >= 4 is 6.21 Å². The number of hydrogen-bond donors (Lipinski definition) is 3. The minimum atomic E-state index is -0.172. The molecule has 1 atom stereocenters. The van der Waals surface area contributed by atoms with Crippen LogP contribution >= 0.6 is 0 Å². The van der Waals surface area contributed by atoms with Gasteiger partial charge < -0.3 is 15.1 Å². The normalized spacial score (nSPS) is 12.9. The quantitative estimate of drug-likeness (QED) is 0.657. The fourth-order valence-corrected chi connectivity index (χ4v) is 2.54. The second kappa shape index (κ2) is 8.57. The molecular weight excluding hydrogens is 302 g/mol. The van der Waals surface area contributed by atoms with Gasteiger partial charge in [0.05, 0.1) is 32.9 Å². The SMILES string of the molecule is Cc1ncc(CO)c(C=NC[C@@H](Cc2ccccc2)[NH+](C)C)c1O. The van der Waals surface area contributed by atoms with Crippen LogP contribution in [0.3, 0.4) is 0 Å². The molecule has 2 rings (SSSR count). The number of pyridine rings is 1. The molecule has 0 aliphatic rings. The van der Waals surface area contributed by atoms with Gasteiger partial charge in [-0.1, -0.05) is 30.3 Å². The Morgan fingerprint density at radius 1 is 1.25 bits per heavy atom. The van der Waals surface area contributed by atoms with E-state index in [0.29, 0.717) is 29.4 Å². The Morgan fingerprint density at radius 2 is 1.96 bits per heavy atom. The molecule has 3 N–H and O–H groups in total. The van der Waals surface area contributed by atoms with Gasteiger partial charge in [0.1, 0.15) is 11.8 Å². The number of nitrogens with one attached hydrogen (secondary N) is 1. The van der Waals surface area contributed by atoms with Crippen molar-refractivity contribution in [1.82, 2.24) is 4.98 Å². The minimum Gasteiger partial charge on any atom is -0.505 e. The van der Waals surface area contributed by atoms with Crippen molar-refractivity contribution in [2.45, 2.75) is 26.0 Å². The number of aliphatic imine (C=N–C) groups is 1. The molecule has 5 nitrogen and oxygen atoms in total. The Hall–Kier alpha value is -2.24. The number of nitrogens with zero attached hydrogens (tertiary/aromatic N) is 2. The molecule has 0 aliphatic heterocycles. The molecule has 0 amide bonds. The van der Waals surface area contributed by atoms with Crippen LogP contribution in [0.2, 0.25) is 0 Å². The highest BCUT2D eigenvalue weighted by Gasteiger charge is 2.15. The zero-order valence-corrected chi connectivity index (χ0v) is 14.5. The molecule has 24 heavy (non-hydrogen) atoms. The lowest BCUT2D eigenvalue weighted by Gasteiger charge is -2.19. The lowest BCUT2D eigenvalue weighted by atomic mass is 10.1. The third kappa shape index (κ3) is 4.63. The van der Waals surface area contributed by atoms with Crippen LogP contribution < -0.4 is 4.90 Å². The Morgan fingerprint density at radius 3 is 2.58 bits per heavy atom. The summed E-state index contributed by atoms with van der Waals surface area (Å²) >= 11 is 0. The first kappa shape index (κ1) is 18.1. The maximum atomic E-state index is 10.1. The van der Waals surface area contributed by atoms with Gasteiger partial charge in [-0.15, -0.1) is 0 Å². The predicted molar refractivity (Wildman–Crippen MR) is 95.8 cm³/mol. The van der Waals surface area contributed by atoms with Crippen LogP contribution in [0.25, 0.3) is 0 Å². The van der Waals surface area contributed by atoms with Crippen molar-refractivity contribution < 1.29 is 15.1 Å². The number of likely N-dealkylation sites (N-methyl/N-ethyl adjacent to an activating group) is 1. The molecule has 1 heterocycles. The highest BCUT2D eigenvalue weighted by molar-refractivity contribution is 5.85. The number of aliphatic hydroxyl groups is 1. The Balaban J connectivity index is 2.12. The number of quaternary nitrogens is 1. The predicted octanol–water partition coefficient (Wildman–Crippen LogP) is 0.763. The average molecular weight is 328 g/mol. The summed E-state index contributed by atoms with van der Waals surface area (Å²) in [6.07, 6.45) is 4.17. The van der Waals surface area contributed by atoms with Crippen LogP contribution in [0.1, 0.15) is 22.4 Å². The van der Waals surface area contributed by atoms with E-state index < -0.39 is 0 Å². The van der Waals surface area contributed by atoms with Crippen molar-refractivity contribution in [2.24, 2.45) is 4.99 Å². The minimum absolute atomic E-state index is 0.0853. The summed E-state index contributed by atoms with van der Waals surface area (Å²) in [5.74, 6) is 0.0853. The molecule has 0 radical (unpaired) electrons. The molecule has 2 aromatic rings. The fourth-order valence-electron chi connectivity index (χ4n) is 2.54. The first-order valence-electron chi connectivity index (χ1n) is 8.15. The second-order valence-corrected chi connectivity index (χ2v) is 6.25. The standard InChI is InChI=1S/C19H25N3O2/c1-14-19(24)18(16(13-23)10-21-14)12-20-11-17(22(2)3)9-15-7-5-4-6-8-15/h4-8,10,12,17,23-24H,9,11,13H2,1-3H3/p+1/t17-/m1/s1. The Labute approximate surface area is 143 Å². The van der Waals surface area contributed by atoms with Crippen LogP contribution in [-0.4, -0.2) is 48.1 Å². The molecule has 0 bridgehead atoms. The third-order valence-electron chi connectivity index (χ3n) is 4.22.